The molecule has 0 saturated carbocycles. The van der Waals surface area contributed by atoms with E-state index >= 15 is 0 Å². The van der Waals surface area contributed by atoms with Crippen molar-refractivity contribution in [3.8, 4) is 0 Å². The Labute approximate surface area is 98.8 Å². The van der Waals surface area contributed by atoms with E-state index in [0.717, 1.165) is 0 Å². The van der Waals surface area contributed by atoms with E-state index < -0.39 is 12.0 Å². The van der Waals surface area contributed by atoms with Gasteiger partial charge in [-0.1, -0.05) is 12.1 Å². The maximum Gasteiger partial charge on any atom is 0.328 e. The number of ether oxygens (including phenoxy) is 1. The number of esters is 1. The van der Waals surface area contributed by atoms with Gasteiger partial charge >= 0.3 is 5.97 Å². The van der Waals surface area contributed by atoms with Gasteiger partial charge in [0.15, 0.2) is 0 Å². The molecule has 0 unspecified atom stereocenters. The first-order valence-electron chi connectivity index (χ1n) is 5.02. The van der Waals surface area contributed by atoms with Gasteiger partial charge in [0.25, 0.3) is 5.91 Å². The molecular weight excluding hydrogens is 222 g/mol. The lowest BCUT2D eigenvalue weighted by molar-refractivity contribution is -0.142. The summed E-state index contributed by atoms with van der Waals surface area (Å²) in [7, 11) is 1.25. The molecule has 1 rings (SSSR count). The molecule has 0 radical (unpaired) electrons. The van der Waals surface area contributed by atoms with Crippen LogP contribution in [0.25, 0.3) is 0 Å². The number of carbonyl (C=O) groups is 3. The summed E-state index contributed by atoms with van der Waals surface area (Å²) in [5.74, 6) is -0.900. The standard InChI is InChI=1S/C12H13NO4/c1-8(12(16)17-2)13-11(15)10-5-3-9(7-14)4-6-10/h3-8H,1-2H3,(H,13,15)/t8-/m0/s1. The zero-order chi connectivity index (χ0) is 12.8. The van der Waals surface area contributed by atoms with Crippen LogP contribution in [-0.4, -0.2) is 31.3 Å². The molecule has 17 heavy (non-hydrogen) atoms. The highest BCUT2D eigenvalue weighted by Gasteiger charge is 2.16. The summed E-state index contributed by atoms with van der Waals surface area (Å²) in [5, 5.41) is 2.48. The average Bonchev–Trinajstić information content (AvgIpc) is 2.37. The maximum atomic E-state index is 11.7. The molecule has 1 atom stereocenters. The van der Waals surface area contributed by atoms with Gasteiger partial charge in [0.2, 0.25) is 0 Å². The SMILES string of the molecule is COC(=O)[C@H](C)NC(=O)c1ccc(C=O)cc1. The van der Waals surface area contributed by atoms with E-state index in [-0.39, 0.29) is 5.91 Å². The lowest BCUT2D eigenvalue weighted by atomic mass is 10.1. The Balaban J connectivity index is 2.69. The van der Waals surface area contributed by atoms with Crippen molar-refractivity contribution in [2.45, 2.75) is 13.0 Å². The first-order valence-corrected chi connectivity index (χ1v) is 5.02. The molecule has 0 fully saturated rings. The second kappa shape index (κ2) is 5.79. The first-order chi connectivity index (χ1) is 8.08. The van der Waals surface area contributed by atoms with Crippen LogP contribution >= 0.6 is 0 Å². The van der Waals surface area contributed by atoms with Crippen LogP contribution in [0.1, 0.15) is 27.6 Å². The Hall–Kier alpha value is -2.17. The van der Waals surface area contributed by atoms with Crippen molar-refractivity contribution >= 4 is 18.2 Å². The summed E-state index contributed by atoms with van der Waals surface area (Å²) < 4.78 is 4.49. The summed E-state index contributed by atoms with van der Waals surface area (Å²) in [5.41, 5.74) is 0.869. The number of hydrogen-bond acceptors (Lipinski definition) is 4. The van der Waals surface area contributed by atoms with Crippen LogP contribution in [0.5, 0.6) is 0 Å². The van der Waals surface area contributed by atoms with E-state index in [9.17, 15) is 14.4 Å². The highest BCUT2D eigenvalue weighted by molar-refractivity contribution is 5.97. The van der Waals surface area contributed by atoms with Crippen LogP contribution in [0.2, 0.25) is 0 Å². The van der Waals surface area contributed by atoms with Gasteiger partial charge in [0, 0.05) is 11.1 Å². The van der Waals surface area contributed by atoms with E-state index in [1.54, 1.807) is 0 Å². The number of methoxy groups -OCH3 is 1. The number of hydrogen-bond donors (Lipinski definition) is 1. The average molecular weight is 235 g/mol. The van der Waals surface area contributed by atoms with Gasteiger partial charge in [0.05, 0.1) is 7.11 Å². The predicted molar refractivity (Wildman–Crippen MR) is 60.8 cm³/mol. The van der Waals surface area contributed by atoms with Crippen molar-refractivity contribution < 1.29 is 19.1 Å². The molecule has 0 bridgehead atoms. The minimum atomic E-state index is -0.710. The summed E-state index contributed by atoms with van der Waals surface area (Å²) >= 11 is 0. The molecule has 0 aromatic heterocycles. The van der Waals surface area contributed by atoms with Crippen LogP contribution in [-0.2, 0) is 9.53 Å². The Morgan fingerprint density at radius 1 is 1.29 bits per heavy atom. The topological polar surface area (TPSA) is 72.5 Å². The van der Waals surface area contributed by atoms with Gasteiger partial charge in [-0.3, -0.25) is 9.59 Å². The molecular formula is C12H13NO4. The summed E-state index contributed by atoms with van der Waals surface area (Å²) in [6.45, 7) is 1.53. The third kappa shape index (κ3) is 3.41. The lowest BCUT2D eigenvalue weighted by Crippen LogP contribution is -2.39. The Morgan fingerprint density at radius 2 is 1.88 bits per heavy atom. The molecule has 0 aliphatic rings. The second-order valence-corrected chi connectivity index (χ2v) is 3.46. The van der Waals surface area contributed by atoms with Crippen molar-refractivity contribution in [3.63, 3.8) is 0 Å². The van der Waals surface area contributed by atoms with E-state index in [0.29, 0.717) is 17.4 Å². The Bertz CT molecular complexity index is 425. The molecule has 0 saturated heterocycles. The zero-order valence-electron chi connectivity index (χ0n) is 9.60. The van der Waals surface area contributed by atoms with Gasteiger partial charge < -0.3 is 10.1 Å². The predicted octanol–water partition coefficient (Wildman–Crippen LogP) is 0.790. The second-order valence-electron chi connectivity index (χ2n) is 3.46. The van der Waals surface area contributed by atoms with Crippen molar-refractivity contribution in [1.29, 1.82) is 0 Å². The number of benzene rings is 1. The summed E-state index contributed by atoms with van der Waals surface area (Å²) in [4.78, 5) is 33.2. The number of aldehydes is 1. The molecule has 90 valence electrons. The number of rotatable bonds is 4. The Morgan fingerprint density at radius 3 is 2.35 bits per heavy atom. The van der Waals surface area contributed by atoms with Gasteiger partial charge in [0.1, 0.15) is 12.3 Å². The van der Waals surface area contributed by atoms with Gasteiger partial charge in [-0.2, -0.15) is 0 Å². The molecule has 5 heteroatoms. The Kier molecular flexibility index (Phi) is 4.39. The van der Waals surface area contributed by atoms with Crippen LogP contribution in [0, 0.1) is 0 Å². The largest absolute Gasteiger partial charge is 0.467 e. The lowest BCUT2D eigenvalue weighted by Gasteiger charge is -2.11. The molecule has 0 aliphatic carbocycles. The van der Waals surface area contributed by atoms with Crippen LogP contribution < -0.4 is 5.32 Å². The minimum absolute atomic E-state index is 0.381. The van der Waals surface area contributed by atoms with Crippen LogP contribution in [0.15, 0.2) is 24.3 Å². The summed E-state index contributed by atoms with van der Waals surface area (Å²) in [6, 6.07) is 5.39. The highest BCUT2D eigenvalue weighted by Crippen LogP contribution is 2.03. The van der Waals surface area contributed by atoms with Crippen molar-refractivity contribution in [2.24, 2.45) is 0 Å². The van der Waals surface area contributed by atoms with Gasteiger partial charge in [-0.15, -0.1) is 0 Å². The van der Waals surface area contributed by atoms with Crippen molar-refractivity contribution in [1.82, 2.24) is 5.32 Å². The maximum absolute atomic E-state index is 11.7. The smallest absolute Gasteiger partial charge is 0.328 e. The number of carbonyl (C=O) groups excluding carboxylic acids is 3. The molecule has 1 amide bonds. The van der Waals surface area contributed by atoms with E-state index in [1.165, 1.54) is 38.3 Å². The highest BCUT2D eigenvalue weighted by atomic mass is 16.5. The monoisotopic (exact) mass is 235 g/mol. The molecule has 5 nitrogen and oxygen atoms in total. The fourth-order valence-electron chi connectivity index (χ4n) is 1.23. The zero-order valence-corrected chi connectivity index (χ0v) is 9.60. The minimum Gasteiger partial charge on any atom is -0.467 e. The number of nitrogens with one attached hydrogen (secondary N) is 1. The molecule has 1 aromatic carbocycles. The van der Waals surface area contributed by atoms with Crippen LogP contribution in [0.3, 0.4) is 0 Å². The van der Waals surface area contributed by atoms with Gasteiger partial charge in [-0.25, -0.2) is 4.79 Å². The first kappa shape index (κ1) is 12.9. The van der Waals surface area contributed by atoms with Crippen molar-refractivity contribution in [3.05, 3.63) is 35.4 Å². The third-order valence-corrected chi connectivity index (χ3v) is 2.21. The summed E-state index contributed by atoms with van der Waals surface area (Å²) in [6.07, 6.45) is 0.693. The third-order valence-electron chi connectivity index (χ3n) is 2.21. The van der Waals surface area contributed by atoms with E-state index in [2.05, 4.69) is 10.1 Å². The molecule has 0 aliphatic heterocycles. The molecule has 1 N–H and O–H groups in total. The quantitative estimate of drug-likeness (QED) is 0.618. The van der Waals surface area contributed by atoms with Gasteiger partial charge in [-0.05, 0) is 19.1 Å². The van der Waals surface area contributed by atoms with Crippen molar-refractivity contribution in [2.75, 3.05) is 7.11 Å². The van der Waals surface area contributed by atoms with E-state index in [4.69, 9.17) is 0 Å². The fourth-order valence-corrected chi connectivity index (χ4v) is 1.23. The van der Waals surface area contributed by atoms with Crippen LogP contribution in [0.4, 0.5) is 0 Å². The molecule has 1 aromatic rings. The van der Waals surface area contributed by atoms with E-state index in [1.807, 2.05) is 0 Å². The number of amides is 1. The fraction of sp³-hybridized carbons (Fsp3) is 0.250. The molecule has 0 spiro atoms. The molecule has 0 heterocycles. The normalized spacial score (nSPS) is 11.4.